The highest BCUT2D eigenvalue weighted by Gasteiger charge is 2.50. The number of hydrogen-bond acceptors (Lipinski definition) is 6. The lowest BCUT2D eigenvalue weighted by molar-refractivity contribution is -0.164. The van der Waals surface area contributed by atoms with E-state index in [1.807, 2.05) is 0 Å². The molecule has 1 saturated heterocycles. The maximum absolute atomic E-state index is 13.4. The van der Waals surface area contributed by atoms with Crippen LogP contribution in [-0.4, -0.2) is 63.2 Å². The summed E-state index contributed by atoms with van der Waals surface area (Å²) in [7, 11) is 0. The first-order chi connectivity index (χ1) is 17.0. The Morgan fingerprint density at radius 3 is 2.58 bits per heavy atom. The van der Waals surface area contributed by atoms with Crippen molar-refractivity contribution in [2.45, 2.75) is 57.1 Å². The van der Waals surface area contributed by atoms with E-state index in [1.165, 1.54) is 0 Å². The number of carboxylic acids is 1. The molecule has 0 radical (unpaired) electrons. The smallest absolute Gasteiger partial charge is 0.330 e. The molecule has 36 heavy (non-hydrogen) atoms. The standard InChI is InChI=1S/C26H33N3O6S/c1-26(2,3)35-24(33)20-14-36-23(19-11-16-7-8-17(19)9-16)29(20)21(30)13-27-25(34)28-18-6-4-5-15(10-18)12-22(31)32/h4-8,10,16-17,19-20,23H,9,11-14H2,1-3H3,(H,31,32)(H2,27,28,34)/t16?,17?,19?,20-,23?/m0/s1. The summed E-state index contributed by atoms with van der Waals surface area (Å²) in [5.74, 6) is -0.0658. The fourth-order valence-corrected chi connectivity index (χ4v) is 6.89. The summed E-state index contributed by atoms with van der Waals surface area (Å²) in [5, 5.41) is 14.0. The highest BCUT2D eigenvalue weighted by Crippen LogP contribution is 2.50. The zero-order valence-electron chi connectivity index (χ0n) is 20.7. The fraction of sp³-hybridized carbons (Fsp3) is 0.538. The minimum absolute atomic E-state index is 0.146. The molecule has 0 spiro atoms. The average molecular weight is 516 g/mol. The minimum Gasteiger partial charge on any atom is -0.481 e. The quantitative estimate of drug-likeness (QED) is 0.376. The number of hydrogen-bond donors (Lipinski definition) is 3. The van der Waals surface area contributed by atoms with E-state index < -0.39 is 29.6 Å². The number of rotatable bonds is 7. The molecule has 1 saturated carbocycles. The number of ether oxygens (including phenoxy) is 1. The van der Waals surface area contributed by atoms with Gasteiger partial charge in [-0.1, -0.05) is 24.3 Å². The van der Waals surface area contributed by atoms with Gasteiger partial charge in [0.25, 0.3) is 0 Å². The topological polar surface area (TPSA) is 125 Å². The van der Waals surface area contributed by atoms with Gasteiger partial charge in [-0.15, -0.1) is 11.8 Å². The van der Waals surface area contributed by atoms with Gasteiger partial charge >= 0.3 is 18.0 Å². The van der Waals surface area contributed by atoms with E-state index in [1.54, 1.807) is 61.7 Å². The van der Waals surface area contributed by atoms with E-state index in [0.29, 0.717) is 28.8 Å². The van der Waals surface area contributed by atoms with Gasteiger partial charge in [0.15, 0.2) is 0 Å². The molecule has 194 valence electrons. The Labute approximate surface area is 215 Å². The van der Waals surface area contributed by atoms with Crippen molar-refractivity contribution in [1.29, 1.82) is 0 Å². The van der Waals surface area contributed by atoms with Crippen molar-refractivity contribution in [3.8, 4) is 0 Å². The van der Waals surface area contributed by atoms with Crippen LogP contribution in [0.5, 0.6) is 0 Å². The molecule has 2 bridgehead atoms. The monoisotopic (exact) mass is 515 g/mol. The molecule has 1 aliphatic heterocycles. The minimum atomic E-state index is -0.967. The summed E-state index contributed by atoms with van der Waals surface area (Å²) in [5.41, 5.74) is 0.305. The molecule has 3 N–H and O–H groups in total. The number of amides is 3. The summed E-state index contributed by atoms with van der Waals surface area (Å²) < 4.78 is 5.62. The summed E-state index contributed by atoms with van der Waals surface area (Å²) in [6.45, 7) is 5.13. The second-order valence-electron chi connectivity index (χ2n) is 10.6. The molecule has 4 rings (SSSR count). The number of carboxylic acid groups (broad SMARTS) is 1. The molecule has 5 atom stereocenters. The molecule has 0 aromatic heterocycles. The molecule has 1 aromatic rings. The summed E-state index contributed by atoms with van der Waals surface area (Å²) >= 11 is 1.62. The number of anilines is 1. The van der Waals surface area contributed by atoms with Crippen molar-refractivity contribution >= 4 is 41.3 Å². The van der Waals surface area contributed by atoms with Gasteiger partial charge in [-0.2, -0.15) is 0 Å². The van der Waals surface area contributed by atoms with Crippen LogP contribution in [0, 0.1) is 17.8 Å². The van der Waals surface area contributed by atoms with Crippen molar-refractivity contribution < 1.29 is 29.0 Å². The predicted molar refractivity (Wildman–Crippen MR) is 136 cm³/mol. The first-order valence-electron chi connectivity index (χ1n) is 12.2. The maximum Gasteiger partial charge on any atom is 0.330 e. The summed E-state index contributed by atoms with van der Waals surface area (Å²) in [6, 6.07) is 5.24. The molecular formula is C26H33N3O6S. The van der Waals surface area contributed by atoms with Crippen molar-refractivity contribution in [3.05, 3.63) is 42.0 Å². The lowest BCUT2D eigenvalue weighted by Crippen LogP contribution is -2.53. The number of nitrogens with one attached hydrogen (secondary N) is 2. The Morgan fingerprint density at radius 2 is 1.94 bits per heavy atom. The van der Waals surface area contributed by atoms with Gasteiger partial charge in [-0.25, -0.2) is 9.59 Å². The largest absolute Gasteiger partial charge is 0.481 e. The third kappa shape index (κ3) is 6.21. The van der Waals surface area contributed by atoms with Gasteiger partial charge < -0.3 is 25.4 Å². The van der Waals surface area contributed by atoms with Crippen molar-refractivity contribution in [2.24, 2.45) is 17.8 Å². The van der Waals surface area contributed by atoms with Gasteiger partial charge in [0.05, 0.1) is 18.3 Å². The third-order valence-corrected chi connectivity index (χ3v) is 8.06. The number of benzene rings is 1. The zero-order valence-corrected chi connectivity index (χ0v) is 21.5. The number of thioether (sulfide) groups is 1. The predicted octanol–water partition coefficient (Wildman–Crippen LogP) is 3.26. The molecule has 1 aromatic carbocycles. The maximum atomic E-state index is 13.4. The molecular weight excluding hydrogens is 482 g/mol. The van der Waals surface area contributed by atoms with Gasteiger partial charge in [0.2, 0.25) is 5.91 Å². The average Bonchev–Trinajstić information content (AvgIpc) is 3.51. The number of esters is 1. The number of nitrogens with zero attached hydrogens (tertiary/aromatic N) is 1. The van der Waals surface area contributed by atoms with Gasteiger partial charge in [-0.05, 0) is 69.1 Å². The molecule has 10 heteroatoms. The van der Waals surface area contributed by atoms with Gasteiger partial charge in [0.1, 0.15) is 11.6 Å². The first kappa shape index (κ1) is 26.1. The highest BCUT2D eigenvalue weighted by atomic mass is 32.2. The second-order valence-corrected chi connectivity index (χ2v) is 11.7. The number of fused-ring (bicyclic) bond motifs is 2. The SMILES string of the molecule is CC(C)(C)OC(=O)[C@@H]1CSC(C2CC3C=CC2C3)N1C(=O)CNC(=O)Nc1cccc(CC(=O)O)c1. The number of allylic oxidation sites excluding steroid dienone is 2. The van der Waals surface area contributed by atoms with E-state index in [4.69, 9.17) is 9.84 Å². The second kappa shape index (κ2) is 10.5. The van der Waals surface area contributed by atoms with E-state index >= 15 is 0 Å². The number of urea groups is 1. The van der Waals surface area contributed by atoms with Crippen LogP contribution in [0.4, 0.5) is 10.5 Å². The molecule has 2 fully saturated rings. The van der Waals surface area contributed by atoms with E-state index in [2.05, 4.69) is 22.8 Å². The Bertz CT molecular complexity index is 1070. The molecule has 3 aliphatic rings. The Hall–Kier alpha value is -3.01. The molecule has 2 aliphatic carbocycles. The Balaban J connectivity index is 1.42. The first-order valence-corrected chi connectivity index (χ1v) is 13.2. The van der Waals surface area contributed by atoms with Crippen LogP contribution in [0.25, 0.3) is 0 Å². The van der Waals surface area contributed by atoms with Crippen LogP contribution in [0.2, 0.25) is 0 Å². The van der Waals surface area contributed by atoms with E-state index in [0.717, 1.165) is 12.8 Å². The summed E-state index contributed by atoms with van der Waals surface area (Å²) in [6.07, 6.45) is 6.39. The van der Waals surface area contributed by atoms with E-state index in [-0.39, 0.29) is 30.2 Å². The lowest BCUT2D eigenvalue weighted by Gasteiger charge is -2.35. The van der Waals surface area contributed by atoms with E-state index in [9.17, 15) is 19.2 Å². The van der Waals surface area contributed by atoms with Crippen molar-refractivity contribution in [1.82, 2.24) is 10.2 Å². The zero-order chi connectivity index (χ0) is 26.0. The highest BCUT2D eigenvalue weighted by molar-refractivity contribution is 8.00. The van der Waals surface area contributed by atoms with Crippen LogP contribution >= 0.6 is 11.8 Å². The van der Waals surface area contributed by atoms with Crippen molar-refractivity contribution in [3.63, 3.8) is 0 Å². The number of carbonyl (C=O) groups is 4. The van der Waals surface area contributed by atoms with Crippen molar-refractivity contribution in [2.75, 3.05) is 17.6 Å². The molecule has 3 amide bonds. The Morgan fingerprint density at radius 1 is 1.17 bits per heavy atom. The van der Waals surface area contributed by atoms with Crippen LogP contribution in [0.3, 0.4) is 0 Å². The Kier molecular flexibility index (Phi) is 7.63. The molecule has 9 nitrogen and oxygen atoms in total. The van der Waals surface area contributed by atoms with Crippen LogP contribution in [0.15, 0.2) is 36.4 Å². The third-order valence-electron chi connectivity index (χ3n) is 6.64. The van der Waals surface area contributed by atoms with Crippen LogP contribution in [-0.2, 0) is 25.5 Å². The fourth-order valence-electron chi connectivity index (χ4n) is 5.23. The lowest BCUT2D eigenvalue weighted by atomic mass is 9.92. The number of aliphatic carboxylic acids is 1. The normalized spacial score (nSPS) is 26.6. The van der Waals surface area contributed by atoms with Crippen LogP contribution < -0.4 is 10.6 Å². The van der Waals surface area contributed by atoms with Gasteiger partial charge in [0, 0.05) is 11.4 Å². The molecule has 1 heterocycles. The number of carbonyl (C=O) groups excluding carboxylic acids is 3. The summed E-state index contributed by atoms with van der Waals surface area (Å²) in [4.78, 5) is 51.5. The molecule has 4 unspecified atom stereocenters. The van der Waals surface area contributed by atoms with Gasteiger partial charge in [-0.3, -0.25) is 9.59 Å². The van der Waals surface area contributed by atoms with Crippen LogP contribution in [0.1, 0.15) is 39.2 Å².